The van der Waals surface area contributed by atoms with Crippen molar-refractivity contribution in [3.05, 3.63) is 119 Å². The lowest BCUT2D eigenvalue weighted by atomic mass is 10.1. The topological polar surface area (TPSA) is 96.0 Å². The number of para-hydroxylation sites is 1. The van der Waals surface area contributed by atoms with Crippen molar-refractivity contribution in [1.29, 1.82) is 0 Å². The van der Waals surface area contributed by atoms with Gasteiger partial charge in [-0.25, -0.2) is 8.42 Å². The number of aryl methyl sites for hydroxylation is 1. The number of hydrogen-bond acceptors (Lipinski definition) is 5. The Morgan fingerprint density at radius 1 is 0.844 bits per heavy atom. The zero-order chi connectivity index (χ0) is 32.6. The number of nitrogens with zero attached hydrogens (tertiary/aromatic N) is 2. The molecule has 2 atom stereocenters. The van der Waals surface area contributed by atoms with E-state index in [4.69, 9.17) is 16.3 Å². The summed E-state index contributed by atoms with van der Waals surface area (Å²) in [5, 5.41) is 3.36. The van der Waals surface area contributed by atoms with Crippen LogP contribution in [0.3, 0.4) is 0 Å². The number of nitrogens with one attached hydrogen (secondary N) is 1. The predicted octanol–water partition coefficient (Wildman–Crippen LogP) is 6.97. The normalized spacial score (nSPS) is 12.6. The third kappa shape index (κ3) is 8.65. The maximum Gasteiger partial charge on any atom is 0.264 e. The third-order valence-electron chi connectivity index (χ3n) is 7.46. The Kier molecular flexibility index (Phi) is 11.3. The molecule has 0 unspecified atom stereocenters. The van der Waals surface area contributed by atoms with Crippen LogP contribution in [0.2, 0.25) is 5.02 Å². The molecule has 0 saturated carbocycles. The van der Waals surface area contributed by atoms with Crippen molar-refractivity contribution in [3.8, 4) is 11.5 Å². The van der Waals surface area contributed by atoms with Gasteiger partial charge in [-0.15, -0.1) is 0 Å². The van der Waals surface area contributed by atoms with Gasteiger partial charge in [-0.05, 0) is 87.4 Å². The second-order valence-electron chi connectivity index (χ2n) is 10.8. The van der Waals surface area contributed by atoms with Gasteiger partial charge in [-0.2, -0.15) is 0 Å². The van der Waals surface area contributed by atoms with Crippen LogP contribution >= 0.6 is 11.6 Å². The highest BCUT2D eigenvalue weighted by molar-refractivity contribution is 7.92. The maximum atomic E-state index is 14.2. The fraction of sp³-hybridized carbons (Fsp3) is 0.257. The molecular formula is C35H38ClN3O5S. The number of amides is 2. The van der Waals surface area contributed by atoms with Gasteiger partial charge in [0.05, 0.1) is 10.6 Å². The fourth-order valence-corrected chi connectivity index (χ4v) is 6.14. The number of hydrogen-bond donors (Lipinski definition) is 1. The number of carbonyl (C=O) groups excluding carboxylic acids is 2. The number of halogens is 1. The summed E-state index contributed by atoms with van der Waals surface area (Å²) in [7, 11) is -4.20. The van der Waals surface area contributed by atoms with Crippen LogP contribution < -0.4 is 14.4 Å². The first-order valence-corrected chi connectivity index (χ1v) is 16.6. The van der Waals surface area contributed by atoms with Crippen molar-refractivity contribution in [2.45, 2.75) is 57.6 Å². The Morgan fingerprint density at radius 3 is 2.07 bits per heavy atom. The molecule has 0 spiro atoms. The van der Waals surface area contributed by atoms with E-state index in [2.05, 4.69) is 5.32 Å². The minimum Gasteiger partial charge on any atom is -0.457 e. The molecule has 0 heterocycles. The molecule has 0 aliphatic heterocycles. The van der Waals surface area contributed by atoms with Gasteiger partial charge in [0.2, 0.25) is 11.8 Å². The summed E-state index contributed by atoms with van der Waals surface area (Å²) in [5.41, 5.74) is 1.79. The molecule has 4 aromatic carbocycles. The first-order chi connectivity index (χ1) is 21.5. The van der Waals surface area contributed by atoms with Crippen molar-refractivity contribution in [3.63, 3.8) is 0 Å². The number of ether oxygens (including phenoxy) is 1. The van der Waals surface area contributed by atoms with Crippen molar-refractivity contribution in [2.24, 2.45) is 0 Å². The highest BCUT2D eigenvalue weighted by Gasteiger charge is 2.33. The van der Waals surface area contributed by atoms with Crippen molar-refractivity contribution >= 4 is 39.1 Å². The highest BCUT2D eigenvalue weighted by Crippen LogP contribution is 2.29. The Balaban J connectivity index is 1.71. The van der Waals surface area contributed by atoms with Crippen LogP contribution in [0.25, 0.3) is 0 Å². The molecule has 236 valence electrons. The Bertz CT molecular complexity index is 1700. The number of sulfonamides is 1. The third-order valence-corrected chi connectivity index (χ3v) is 9.62. The van der Waals surface area contributed by atoms with Crippen molar-refractivity contribution in [2.75, 3.05) is 10.8 Å². The van der Waals surface area contributed by atoms with Crippen LogP contribution in [0.15, 0.2) is 108 Å². The standard InChI is InChI=1S/C35H38ClN3O5S/c1-5-26(3)37-35(41)27(4)38(23-28-11-9-10-14-33(28)36)34(40)24-39(45(42,43)32-21-15-25(2)16-22-32)29-17-19-31(20-18-29)44-30-12-7-6-8-13-30/h6-22,26-27H,5,23-24H2,1-4H3,(H,37,41)/t26-,27+/m1/s1. The minimum absolute atomic E-state index is 0.00979. The van der Waals surface area contributed by atoms with E-state index in [1.54, 1.807) is 67.6 Å². The van der Waals surface area contributed by atoms with Gasteiger partial charge in [0.1, 0.15) is 24.1 Å². The largest absolute Gasteiger partial charge is 0.457 e. The SMILES string of the molecule is CC[C@@H](C)NC(=O)[C@H](C)N(Cc1ccccc1Cl)C(=O)CN(c1ccc(Oc2ccccc2)cc1)S(=O)(=O)c1ccc(C)cc1. The van der Waals surface area contributed by atoms with Gasteiger partial charge in [-0.1, -0.05) is 72.6 Å². The maximum absolute atomic E-state index is 14.2. The van der Waals surface area contributed by atoms with Gasteiger partial charge in [-0.3, -0.25) is 13.9 Å². The molecule has 2 amide bonds. The summed E-state index contributed by atoms with van der Waals surface area (Å²) >= 11 is 6.45. The zero-order valence-corrected chi connectivity index (χ0v) is 27.4. The average molecular weight is 648 g/mol. The second-order valence-corrected chi connectivity index (χ2v) is 13.1. The van der Waals surface area contributed by atoms with Crippen LogP contribution in [0.5, 0.6) is 11.5 Å². The minimum atomic E-state index is -4.20. The number of carbonyl (C=O) groups is 2. The summed E-state index contributed by atoms with van der Waals surface area (Å²) in [4.78, 5) is 28.8. The van der Waals surface area contributed by atoms with Crippen LogP contribution in [0.4, 0.5) is 5.69 Å². The molecule has 0 aromatic heterocycles. The zero-order valence-electron chi connectivity index (χ0n) is 25.8. The monoisotopic (exact) mass is 647 g/mol. The quantitative estimate of drug-likeness (QED) is 0.169. The Hall–Kier alpha value is -4.34. The molecule has 0 fully saturated rings. The highest BCUT2D eigenvalue weighted by atomic mass is 35.5. The van der Waals surface area contributed by atoms with Crippen LogP contribution in [0, 0.1) is 6.92 Å². The number of rotatable bonds is 13. The molecule has 8 nitrogen and oxygen atoms in total. The van der Waals surface area contributed by atoms with E-state index in [9.17, 15) is 18.0 Å². The van der Waals surface area contributed by atoms with E-state index in [-0.39, 0.29) is 29.1 Å². The molecule has 10 heteroatoms. The predicted molar refractivity (Wildman–Crippen MR) is 178 cm³/mol. The van der Waals surface area contributed by atoms with E-state index in [0.29, 0.717) is 28.5 Å². The van der Waals surface area contributed by atoms with Gasteiger partial charge in [0, 0.05) is 17.6 Å². The van der Waals surface area contributed by atoms with E-state index in [1.807, 2.05) is 51.1 Å². The molecule has 0 saturated heterocycles. The molecule has 4 aromatic rings. The van der Waals surface area contributed by atoms with Gasteiger partial charge < -0.3 is 15.0 Å². The molecule has 1 N–H and O–H groups in total. The summed E-state index contributed by atoms with van der Waals surface area (Å²) < 4.78 is 35.2. The number of anilines is 1. The van der Waals surface area contributed by atoms with Crippen LogP contribution in [0.1, 0.15) is 38.3 Å². The smallest absolute Gasteiger partial charge is 0.264 e. The van der Waals surface area contributed by atoms with Crippen LogP contribution in [-0.4, -0.2) is 43.8 Å². The Morgan fingerprint density at radius 2 is 1.44 bits per heavy atom. The first kappa shape index (κ1) is 33.6. The lowest BCUT2D eigenvalue weighted by Gasteiger charge is -2.32. The lowest BCUT2D eigenvalue weighted by Crippen LogP contribution is -2.52. The molecule has 0 aliphatic carbocycles. The van der Waals surface area contributed by atoms with Crippen LogP contribution in [-0.2, 0) is 26.2 Å². The van der Waals surface area contributed by atoms with E-state index in [0.717, 1.165) is 9.87 Å². The average Bonchev–Trinajstić information content (AvgIpc) is 3.03. The summed E-state index contributed by atoms with van der Waals surface area (Å²) in [6.45, 7) is 6.77. The van der Waals surface area contributed by atoms with E-state index >= 15 is 0 Å². The lowest BCUT2D eigenvalue weighted by molar-refractivity contribution is -0.139. The molecular weight excluding hydrogens is 610 g/mol. The van der Waals surface area contributed by atoms with Gasteiger partial charge in [0.15, 0.2) is 0 Å². The van der Waals surface area contributed by atoms with Gasteiger partial charge >= 0.3 is 0 Å². The summed E-state index contributed by atoms with van der Waals surface area (Å²) in [5.74, 6) is 0.214. The molecule has 0 aliphatic rings. The molecule has 45 heavy (non-hydrogen) atoms. The van der Waals surface area contributed by atoms with Gasteiger partial charge in [0.25, 0.3) is 10.0 Å². The van der Waals surface area contributed by atoms with Crippen molar-refractivity contribution < 1.29 is 22.7 Å². The van der Waals surface area contributed by atoms with Crippen molar-refractivity contribution in [1.82, 2.24) is 10.2 Å². The first-order valence-electron chi connectivity index (χ1n) is 14.7. The molecule has 0 bridgehead atoms. The molecule has 0 radical (unpaired) electrons. The second kappa shape index (κ2) is 15.1. The molecule has 4 rings (SSSR count). The summed E-state index contributed by atoms with van der Waals surface area (Å²) in [6.07, 6.45) is 0.712. The summed E-state index contributed by atoms with van der Waals surface area (Å²) in [6, 6.07) is 28.1. The van der Waals surface area contributed by atoms with E-state index < -0.39 is 28.5 Å². The van der Waals surface area contributed by atoms with E-state index in [1.165, 1.54) is 17.0 Å². The number of benzene rings is 4. The Labute approximate surface area is 270 Å². The fourth-order valence-electron chi connectivity index (χ4n) is 4.53.